The molecule has 4 aromatic rings. The van der Waals surface area contributed by atoms with Crippen molar-refractivity contribution in [3.05, 3.63) is 108 Å². The van der Waals surface area contributed by atoms with Gasteiger partial charge in [-0.15, -0.1) is 0 Å². The van der Waals surface area contributed by atoms with E-state index in [1.165, 1.54) is 65.2 Å². The van der Waals surface area contributed by atoms with E-state index >= 15 is 0 Å². The van der Waals surface area contributed by atoms with Crippen LogP contribution in [0.1, 0.15) is 132 Å². The van der Waals surface area contributed by atoms with E-state index in [0.717, 1.165) is 110 Å². The summed E-state index contributed by atoms with van der Waals surface area (Å²) >= 11 is 0. The van der Waals surface area contributed by atoms with Crippen molar-refractivity contribution in [2.75, 3.05) is 69.6 Å². The van der Waals surface area contributed by atoms with E-state index in [-0.39, 0.29) is 41.9 Å². The van der Waals surface area contributed by atoms with Gasteiger partial charge in [0.15, 0.2) is 6.23 Å². The van der Waals surface area contributed by atoms with Gasteiger partial charge in [-0.3, -0.25) is 13.9 Å². The lowest BCUT2D eigenvalue weighted by Crippen LogP contribution is -3.11. The Morgan fingerprint density at radius 1 is 0.900 bits per heavy atom. The molecule has 1 fully saturated rings. The molecule has 1 saturated heterocycles. The maximum absolute atomic E-state index is 13.6. The average Bonchev–Trinajstić information content (AvgIpc) is 3.78. The molecule has 0 spiro atoms. The number of carboxylic acids is 1. The highest BCUT2D eigenvalue weighted by Crippen LogP contribution is 2.66. The van der Waals surface area contributed by atoms with Crippen LogP contribution in [0.4, 0.5) is 11.5 Å². The summed E-state index contributed by atoms with van der Waals surface area (Å²) < 4.78 is 62.8. The van der Waals surface area contributed by atoms with Crippen LogP contribution in [0.25, 0.3) is 5.57 Å². The van der Waals surface area contributed by atoms with E-state index in [0.29, 0.717) is 12.0 Å². The number of carboxylic acid groups (broad SMARTS) is 1. The standard InChI is InChI=1S/C47H51N6O17P3.C6H15N/c48-43-29(24-53(47(58)50-43)45-37(54)23-30(67-45)25-66-72(62,63)70-73(64,65)69-71(59,60)61)8-2-1-3-15-49-44(55)28-13-14-31(34(22-28)46(56)57)38-35-20-26-9-4-16-51-18-6-11-32(39(26)51)41(35)68-42-33-12-7-19-52-17-5-10-27(40(33)52)21-36(38)42;1-4-7(5-2)6-3/h13-14,20-22,24,30,37,45,54H,1,3-7,9-12,15-19,23,25H2,(H7-,48,49,50,55,56,57,58,59,60,61,62,63,64,65);4-6H2,1-3H3/p+2/t30-,37+,45+;/m0./s1. The van der Waals surface area contributed by atoms with Gasteiger partial charge in [0.05, 0.1) is 49.0 Å². The highest BCUT2D eigenvalue weighted by atomic mass is 31.3. The lowest BCUT2D eigenvalue weighted by atomic mass is 9.81. The fraction of sp³-hybridized carbons (Fsp3) is 0.491. The number of phosphoric ester groups is 1. The monoisotopic (exact) mass is 1170 g/mol. The van der Waals surface area contributed by atoms with Gasteiger partial charge in [-0.25, -0.2) is 27.9 Å². The number of hydrogen-bond donors (Lipinski definition) is 9. The first-order chi connectivity index (χ1) is 38.1. The molecule has 0 saturated carbocycles. The second-order valence-corrected chi connectivity index (χ2v) is 24.9. The third-order valence-electron chi connectivity index (χ3n) is 15.2. The van der Waals surface area contributed by atoms with Crippen LogP contribution in [0.2, 0.25) is 0 Å². The summed E-state index contributed by atoms with van der Waals surface area (Å²) in [7, 11) is -16.9. The zero-order chi connectivity index (χ0) is 57.3. The smallest absolute Gasteiger partial charge is 0.478 e. The minimum Gasteiger partial charge on any atom is -0.478 e. The first-order valence-corrected chi connectivity index (χ1v) is 31.5. The molecule has 1 aromatic heterocycles. The van der Waals surface area contributed by atoms with E-state index in [4.69, 9.17) is 25.0 Å². The Balaban J connectivity index is 0.00000104. The number of anilines is 2. The van der Waals surface area contributed by atoms with Crippen molar-refractivity contribution in [2.45, 2.75) is 110 Å². The van der Waals surface area contributed by atoms with Crippen LogP contribution in [0.3, 0.4) is 0 Å². The predicted octanol–water partition coefficient (Wildman–Crippen LogP) is 2.44. The number of carbonyl (C=O) groups is 2. The number of nitrogen functional groups attached to an aromatic ring is 1. The van der Waals surface area contributed by atoms with Crippen LogP contribution < -0.4 is 46.4 Å². The molecule has 27 heteroatoms. The van der Waals surface area contributed by atoms with E-state index < -0.39 is 66.1 Å². The number of aliphatic hydroxyl groups excluding tert-OH is 1. The number of unbranched alkanes of at least 4 members (excludes halogenated alkanes) is 1. The number of aryl methyl sites for hydroxylation is 2. The van der Waals surface area contributed by atoms with E-state index in [1.807, 2.05) is 0 Å². The normalized spacial score (nSPS) is 20.3. The minimum absolute atomic E-state index is 0.00458. The number of aromatic nitrogens is 2. The molecule has 430 valence electrons. The number of rotatable bonds is 17. The van der Waals surface area contributed by atoms with Crippen molar-refractivity contribution in [3.63, 3.8) is 0 Å². The Bertz CT molecular complexity index is 3510. The second-order valence-electron chi connectivity index (χ2n) is 20.4. The minimum atomic E-state index is -5.77. The average molecular weight is 1170 g/mol. The van der Waals surface area contributed by atoms with Crippen molar-refractivity contribution in [1.82, 2.24) is 19.4 Å². The summed E-state index contributed by atoms with van der Waals surface area (Å²) in [5.41, 5.74) is 13.6. The van der Waals surface area contributed by atoms with Gasteiger partial charge in [-0.05, 0) is 101 Å². The topological polar surface area (TPSA) is 337 Å². The number of benzene rings is 3. The molecule has 0 bridgehead atoms. The maximum Gasteiger partial charge on any atom is 0.490 e. The Hall–Kier alpha value is -5.60. The molecular formula is C53H68N7O17P3+2. The highest BCUT2D eigenvalue weighted by Gasteiger charge is 2.43. The van der Waals surface area contributed by atoms with Crippen LogP contribution in [-0.2, 0) is 57.3 Å². The number of phosphoric acid groups is 3. The number of aliphatic hydroxyl groups is 1. The Kier molecular flexibility index (Phi) is 18.1. The van der Waals surface area contributed by atoms with Crippen molar-refractivity contribution in [3.8, 4) is 23.3 Å². The molecule has 0 aliphatic carbocycles. The molecule has 3 aromatic carbocycles. The molecule has 0 radical (unpaired) electrons. The third kappa shape index (κ3) is 13.0. The summed E-state index contributed by atoms with van der Waals surface area (Å²) in [6, 6.07) is 9.24. The number of ether oxygens (including phenoxy) is 2. The maximum atomic E-state index is 13.6. The fourth-order valence-corrected chi connectivity index (χ4v) is 14.7. The van der Waals surface area contributed by atoms with Gasteiger partial charge >= 0.3 is 35.1 Å². The van der Waals surface area contributed by atoms with Crippen LogP contribution in [0, 0.1) is 11.8 Å². The predicted molar refractivity (Wildman–Crippen MR) is 292 cm³/mol. The Morgan fingerprint density at radius 3 is 2.30 bits per heavy atom. The number of quaternary nitrogens is 1. The van der Waals surface area contributed by atoms with Crippen LogP contribution in [-0.4, -0.2) is 122 Å². The first-order valence-electron chi connectivity index (χ1n) is 27.0. The number of nitrogens with one attached hydrogen (secondary N) is 2. The molecule has 6 aliphatic rings. The first kappa shape index (κ1) is 59.0. The number of carbonyl (C=O) groups excluding carboxylic acids is 1. The molecule has 7 heterocycles. The van der Waals surface area contributed by atoms with Gasteiger partial charge in [-0.1, -0.05) is 17.9 Å². The summed E-state index contributed by atoms with van der Waals surface area (Å²) in [5, 5.41) is 26.5. The summed E-state index contributed by atoms with van der Waals surface area (Å²) in [5.74, 6) is 5.42. The van der Waals surface area contributed by atoms with Crippen molar-refractivity contribution >= 4 is 52.4 Å². The van der Waals surface area contributed by atoms with E-state index in [9.17, 15) is 48.1 Å². The van der Waals surface area contributed by atoms with Gasteiger partial charge in [0.2, 0.25) is 5.36 Å². The van der Waals surface area contributed by atoms with Crippen LogP contribution >= 0.6 is 23.5 Å². The zero-order valence-electron chi connectivity index (χ0n) is 44.7. The number of fused-ring (bicyclic) bond motifs is 4. The van der Waals surface area contributed by atoms with Gasteiger partial charge in [-0.2, -0.15) is 13.6 Å². The fourth-order valence-electron chi connectivity index (χ4n) is 11.6. The third-order valence-corrected chi connectivity index (χ3v) is 19.0. The van der Waals surface area contributed by atoms with Crippen LogP contribution in [0.5, 0.6) is 11.5 Å². The van der Waals surface area contributed by atoms with Crippen molar-refractivity contribution in [2.24, 2.45) is 0 Å². The van der Waals surface area contributed by atoms with Gasteiger partial charge in [0, 0.05) is 90.2 Å². The quantitative estimate of drug-likeness (QED) is 0.0279. The summed E-state index contributed by atoms with van der Waals surface area (Å²) in [4.78, 5) is 84.3. The number of aromatic carboxylic acids is 1. The van der Waals surface area contributed by atoms with E-state index in [2.05, 4.69) is 77.7 Å². The van der Waals surface area contributed by atoms with Crippen molar-refractivity contribution < 1.29 is 80.6 Å². The molecule has 10 rings (SSSR count). The molecule has 1 amide bonds. The molecule has 2 unspecified atom stereocenters. The SMILES string of the molecule is CC[NH+](CC)CC.Nc1nc(=O)n([C@@H]2O[C@H](COP(=O)(O)OP(=O)(O)OP(=O)(O)O)C[C@H]2O)cc1C#CCCCNC(=O)c1ccc(C2=c3cc4c5c(c3Oc3c2cc2c6c3CCCN6CCC2)CCC[N+]=5CCC4)c(C(=O)O)c1. The summed E-state index contributed by atoms with van der Waals surface area (Å²) in [6.45, 7) is 13.8. The molecule has 80 heavy (non-hydrogen) atoms. The van der Waals surface area contributed by atoms with Gasteiger partial charge in [0.1, 0.15) is 36.5 Å². The lowest BCUT2D eigenvalue weighted by molar-refractivity contribution is -0.894. The number of amides is 1. The number of nitrogens with zero attached hydrogens (tertiary/aromatic N) is 4. The zero-order valence-corrected chi connectivity index (χ0v) is 47.4. The van der Waals surface area contributed by atoms with E-state index in [1.54, 1.807) is 17.0 Å². The summed E-state index contributed by atoms with van der Waals surface area (Å²) in [6.07, 6.45) is 5.06. The lowest BCUT2D eigenvalue weighted by Gasteiger charge is -2.39. The van der Waals surface area contributed by atoms with Crippen LogP contribution in [0.15, 0.2) is 41.3 Å². The molecule has 10 N–H and O–H groups in total. The largest absolute Gasteiger partial charge is 0.490 e. The van der Waals surface area contributed by atoms with Gasteiger partial charge in [0.25, 0.3) is 5.91 Å². The molecule has 5 atom stereocenters. The number of hydrogen-bond acceptors (Lipinski definition) is 15. The molecule has 6 aliphatic heterocycles. The number of nitrogens with two attached hydrogens (primary N) is 1. The molecule has 24 nitrogen and oxygen atoms in total. The second kappa shape index (κ2) is 24.5. The Labute approximate surface area is 461 Å². The van der Waals surface area contributed by atoms with Gasteiger partial charge < -0.3 is 60.1 Å². The Morgan fingerprint density at radius 2 is 1.60 bits per heavy atom. The molecular weight excluding hydrogens is 1100 g/mol. The van der Waals surface area contributed by atoms with Crippen molar-refractivity contribution in [1.29, 1.82) is 0 Å². The highest BCUT2D eigenvalue weighted by molar-refractivity contribution is 7.66.